The third kappa shape index (κ3) is 2.69. The van der Waals surface area contributed by atoms with Crippen molar-refractivity contribution in [2.75, 3.05) is 13.3 Å². The predicted octanol–water partition coefficient (Wildman–Crippen LogP) is 1.33. The van der Waals surface area contributed by atoms with Crippen molar-refractivity contribution in [3.05, 3.63) is 59.2 Å². The molecule has 0 saturated carbocycles. The molecule has 2 aliphatic heterocycles. The summed E-state index contributed by atoms with van der Waals surface area (Å²) in [7, 11) is 0. The first-order valence-electron chi connectivity index (χ1n) is 7.74. The van der Waals surface area contributed by atoms with Gasteiger partial charge in [-0.1, -0.05) is 18.2 Å². The Hall–Kier alpha value is -3.35. The van der Waals surface area contributed by atoms with E-state index >= 15 is 0 Å². The molecule has 3 amide bonds. The largest absolute Gasteiger partial charge is 0.454 e. The first kappa shape index (κ1) is 15.2. The van der Waals surface area contributed by atoms with Gasteiger partial charge in [-0.2, -0.15) is 0 Å². The van der Waals surface area contributed by atoms with Gasteiger partial charge in [0.2, 0.25) is 12.7 Å². The first-order chi connectivity index (χ1) is 12.1. The second-order valence-electron chi connectivity index (χ2n) is 5.71. The van der Waals surface area contributed by atoms with E-state index in [-0.39, 0.29) is 19.9 Å². The van der Waals surface area contributed by atoms with E-state index in [1.54, 1.807) is 36.4 Å². The smallest absolute Gasteiger partial charge is 0.262 e. The number of hydrogen-bond acceptors (Lipinski definition) is 5. The third-order valence-corrected chi connectivity index (χ3v) is 4.11. The van der Waals surface area contributed by atoms with E-state index in [2.05, 4.69) is 5.32 Å². The molecule has 7 nitrogen and oxygen atoms in total. The number of carbonyl (C=O) groups is 3. The van der Waals surface area contributed by atoms with Crippen LogP contribution >= 0.6 is 0 Å². The second kappa shape index (κ2) is 5.94. The van der Waals surface area contributed by atoms with E-state index in [4.69, 9.17) is 9.47 Å². The molecule has 0 aliphatic carbocycles. The Labute approximate surface area is 143 Å². The van der Waals surface area contributed by atoms with Gasteiger partial charge in [-0.05, 0) is 29.8 Å². The van der Waals surface area contributed by atoms with E-state index in [0.717, 1.165) is 10.5 Å². The summed E-state index contributed by atoms with van der Waals surface area (Å²) in [5.41, 5.74) is 1.49. The van der Waals surface area contributed by atoms with E-state index in [1.165, 1.54) is 0 Å². The van der Waals surface area contributed by atoms with Crippen LogP contribution in [-0.4, -0.2) is 36.0 Å². The molecule has 0 fully saturated rings. The molecule has 4 rings (SSSR count). The molecule has 0 unspecified atom stereocenters. The van der Waals surface area contributed by atoms with Crippen molar-refractivity contribution in [2.24, 2.45) is 0 Å². The minimum Gasteiger partial charge on any atom is -0.454 e. The molecule has 0 saturated heterocycles. The number of amides is 3. The fraction of sp³-hybridized carbons (Fsp3) is 0.167. The number of fused-ring (bicyclic) bond motifs is 2. The number of carbonyl (C=O) groups excluding carboxylic acids is 3. The lowest BCUT2D eigenvalue weighted by molar-refractivity contribution is -0.121. The first-order valence-corrected chi connectivity index (χ1v) is 7.74. The molecule has 7 heteroatoms. The molecule has 0 aromatic heterocycles. The summed E-state index contributed by atoms with van der Waals surface area (Å²) in [4.78, 5) is 37.6. The zero-order chi connectivity index (χ0) is 17.4. The summed E-state index contributed by atoms with van der Waals surface area (Å²) in [5.74, 6) is -0.00182. The molecular formula is C18H14N2O5. The molecule has 25 heavy (non-hydrogen) atoms. The Morgan fingerprint density at radius 3 is 2.40 bits per heavy atom. The number of nitrogens with one attached hydrogen (secondary N) is 1. The van der Waals surface area contributed by atoms with Gasteiger partial charge in [0.15, 0.2) is 11.5 Å². The van der Waals surface area contributed by atoms with Crippen LogP contribution in [0.5, 0.6) is 11.5 Å². The molecule has 0 bridgehead atoms. The van der Waals surface area contributed by atoms with Gasteiger partial charge >= 0.3 is 0 Å². The molecule has 2 aliphatic rings. The molecule has 126 valence electrons. The lowest BCUT2D eigenvalue weighted by Crippen LogP contribution is -2.40. The maximum Gasteiger partial charge on any atom is 0.262 e. The number of benzene rings is 2. The summed E-state index contributed by atoms with van der Waals surface area (Å²) in [6, 6.07) is 11.9. The number of rotatable bonds is 4. The lowest BCUT2D eigenvalue weighted by Gasteiger charge is -2.13. The van der Waals surface area contributed by atoms with Crippen molar-refractivity contribution >= 4 is 17.7 Å². The highest BCUT2D eigenvalue weighted by Gasteiger charge is 2.36. The Balaban J connectivity index is 1.38. The predicted molar refractivity (Wildman–Crippen MR) is 86.2 cm³/mol. The molecule has 1 N–H and O–H groups in total. The summed E-state index contributed by atoms with van der Waals surface area (Å²) in [6.45, 7) is 0.139. The molecule has 0 radical (unpaired) electrons. The molecule has 2 heterocycles. The number of hydrogen-bond donors (Lipinski definition) is 1. The highest BCUT2D eigenvalue weighted by Crippen LogP contribution is 2.32. The molecule has 0 atom stereocenters. The summed E-state index contributed by atoms with van der Waals surface area (Å²) in [5, 5.41) is 2.70. The van der Waals surface area contributed by atoms with Crippen LogP contribution in [-0.2, 0) is 11.3 Å². The zero-order valence-electron chi connectivity index (χ0n) is 13.2. The Bertz CT molecular complexity index is 858. The third-order valence-electron chi connectivity index (χ3n) is 4.11. The maximum absolute atomic E-state index is 12.2. The van der Waals surface area contributed by atoms with Crippen molar-refractivity contribution in [1.29, 1.82) is 0 Å². The van der Waals surface area contributed by atoms with Crippen LogP contribution in [0.15, 0.2) is 42.5 Å². The summed E-state index contributed by atoms with van der Waals surface area (Å²) >= 11 is 0. The van der Waals surface area contributed by atoms with Crippen LogP contribution in [0.2, 0.25) is 0 Å². The molecule has 0 spiro atoms. The van der Waals surface area contributed by atoms with E-state index in [0.29, 0.717) is 22.6 Å². The summed E-state index contributed by atoms with van der Waals surface area (Å²) in [6.07, 6.45) is 0. The maximum atomic E-state index is 12.2. The van der Waals surface area contributed by atoms with Gasteiger partial charge in [-0.3, -0.25) is 19.3 Å². The lowest BCUT2D eigenvalue weighted by atomic mass is 10.1. The normalized spacial score (nSPS) is 14.6. The number of nitrogens with zero attached hydrogens (tertiary/aromatic N) is 1. The van der Waals surface area contributed by atoms with E-state index in [9.17, 15) is 14.4 Å². The Morgan fingerprint density at radius 2 is 1.68 bits per heavy atom. The van der Waals surface area contributed by atoms with E-state index < -0.39 is 17.7 Å². The van der Waals surface area contributed by atoms with Gasteiger partial charge < -0.3 is 14.8 Å². The van der Waals surface area contributed by atoms with Crippen LogP contribution in [0.3, 0.4) is 0 Å². The highest BCUT2D eigenvalue weighted by molar-refractivity contribution is 6.22. The van der Waals surface area contributed by atoms with Crippen LogP contribution in [0.1, 0.15) is 26.3 Å². The Morgan fingerprint density at radius 1 is 1.00 bits per heavy atom. The standard InChI is InChI=1S/C18H14N2O5/c21-16(19-8-11-5-6-14-15(7-11)25-10-24-14)9-20-17(22)12-3-1-2-4-13(12)18(20)23/h1-7H,8-10H2,(H,19,21). The Kier molecular flexibility index (Phi) is 3.61. The minimum atomic E-state index is -0.446. The number of imide groups is 1. The zero-order valence-corrected chi connectivity index (χ0v) is 13.2. The summed E-state index contributed by atoms with van der Waals surface area (Å²) < 4.78 is 10.5. The number of ether oxygens (including phenoxy) is 2. The monoisotopic (exact) mass is 338 g/mol. The molecule has 2 aromatic rings. The SMILES string of the molecule is O=C(CN1C(=O)c2ccccc2C1=O)NCc1ccc2c(c1)OCO2. The van der Waals surface area contributed by atoms with Gasteiger partial charge in [0.05, 0.1) is 11.1 Å². The van der Waals surface area contributed by atoms with Crippen molar-refractivity contribution in [1.82, 2.24) is 10.2 Å². The van der Waals surface area contributed by atoms with Gasteiger partial charge in [-0.15, -0.1) is 0 Å². The van der Waals surface area contributed by atoms with Crippen molar-refractivity contribution in [3.8, 4) is 11.5 Å². The van der Waals surface area contributed by atoms with Crippen molar-refractivity contribution < 1.29 is 23.9 Å². The van der Waals surface area contributed by atoms with Crippen LogP contribution in [0, 0.1) is 0 Å². The molecule has 2 aromatic carbocycles. The second-order valence-corrected chi connectivity index (χ2v) is 5.71. The van der Waals surface area contributed by atoms with Crippen molar-refractivity contribution in [3.63, 3.8) is 0 Å². The van der Waals surface area contributed by atoms with Gasteiger partial charge in [0.25, 0.3) is 11.8 Å². The van der Waals surface area contributed by atoms with Crippen molar-refractivity contribution in [2.45, 2.75) is 6.54 Å². The fourth-order valence-corrected chi connectivity index (χ4v) is 2.83. The van der Waals surface area contributed by atoms with E-state index in [1.807, 2.05) is 6.07 Å². The fourth-order valence-electron chi connectivity index (χ4n) is 2.83. The van der Waals surface area contributed by atoms with Crippen LogP contribution in [0.25, 0.3) is 0 Å². The van der Waals surface area contributed by atoms with Gasteiger partial charge in [-0.25, -0.2) is 0 Å². The van der Waals surface area contributed by atoms with Gasteiger partial charge in [0.1, 0.15) is 6.54 Å². The minimum absolute atomic E-state index is 0.185. The van der Waals surface area contributed by atoms with Crippen LogP contribution in [0.4, 0.5) is 0 Å². The van der Waals surface area contributed by atoms with Gasteiger partial charge in [0, 0.05) is 6.54 Å². The quantitative estimate of drug-likeness (QED) is 0.850. The highest BCUT2D eigenvalue weighted by atomic mass is 16.7. The average Bonchev–Trinajstić information content (AvgIpc) is 3.19. The molecular weight excluding hydrogens is 324 g/mol. The average molecular weight is 338 g/mol. The topological polar surface area (TPSA) is 84.9 Å². The van der Waals surface area contributed by atoms with Crippen LogP contribution < -0.4 is 14.8 Å².